The quantitative estimate of drug-likeness (QED) is 0.580. The van der Waals surface area contributed by atoms with Crippen molar-refractivity contribution >= 4 is 0 Å². The van der Waals surface area contributed by atoms with Crippen molar-refractivity contribution in [2.24, 2.45) is 0 Å². The van der Waals surface area contributed by atoms with Gasteiger partial charge in [-0.3, -0.25) is 0 Å². The van der Waals surface area contributed by atoms with Crippen LogP contribution in [0.2, 0.25) is 0 Å². The third-order valence-corrected chi connectivity index (χ3v) is 3.61. The first-order valence-electron chi connectivity index (χ1n) is 6.58. The van der Waals surface area contributed by atoms with E-state index in [9.17, 15) is 0 Å². The Balaban J connectivity index is 0. The average molecular weight is 344 g/mol. The third-order valence-electron chi connectivity index (χ3n) is 3.61. The van der Waals surface area contributed by atoms with Crippen LogP contribution >= 0.6 is 0 Å². The molecule has 0 unspecified atom stereocenters. The molecule has 0 amide bonds. The van der Waals surface area contributed by atoms with Gasteiger partial charge in [0.05, 0.1) is 0 Å². The number of rotatable bonds is 2. The van der Waals surface area contributed by atoms with Gasteiger partial charge in [-0.1, -0.05) is 54.6 Å². The van der Waals surface area contributed by atoms with Crippen molar-refractivity contribution in [1.82, 2.24) is 0 Å². The number of hydrogen-bond donors (Lipinski definition) is 0. The Morgan fingerprint density at radius 2 is 1.22 bits per heavy atom. The van der Waals surface area contributed by atoms with Crippen LogP contribution in [0.25, 0.3) is 0 Å². The van der Waals surface area contributed by atoms with Crippen molar-refractivity contribution < 1.29 is 31.3 Å². The van der Waals surface area contributed by atoms with E-state index in [1.165, 1.54) is 23.1 Å². The molecule has 2 atom stereocenters. The minimum absolute atomic E-state index is 0. The Morgan fingerprint density at radius 3 is 1.74 bits per heavy atom. The summed E-state index contributed by atoms with van der Waals surface area (Å²) in [5.41, 5.74) is 4.47. The van der Waals surface area contributed by atoms with Gasteiger partial charge in [-0.05, 0) is 41.9 Å². The fourth-order valence-electron chi connectivity index (χ4n) is 2.61. The molecule has 0 aliphatic heterocycles. The molecule has 0 aromatic heterocycles. The topological polar surface area (TPSA) is 59.7 Å². The van der Waals surface area contributed by atoms with Crippen molar-refractivity contribution in [3.63, 3.8) is 0 Å². The summed E-state index contributed by atoms with van der Waals surface area (Å²) in [6, 6.07) is 19.7. The van der Waals surface area contributed by atoms with E-state index in [4.69, 9.17) is 14.0 Å². The summed E-state index contributed by atoms with van der Waals surface area (Å²) in [5, 5.41) is 0. The van der Waals surface area contributed by atoms with E-state index >= 15 is 0 Å². The van der Waals surface area contributed by atoms with Crippen LogP contribution in [-0.4, -0.2) is 0 Å². The van der Waals surface area contributed by atoms with E-state index in [2.05, 4.69) is 81.5 Å². The smallest absolute Gasteiger partial charge is 0 e. The predicted octanol–water partition coefficient (Wildman–Crippen LogP) is 4.15. The van der Waals surface area contributed by atoms with Crippen LogP contribution in [0.15, 0.2) is 54.6 Å². The number of hydrogen-bond acceptors (Lipinski definition) is 0. The molecule has 3 rings (SSSR count). The Hall–Kier alpha value is -1.81. The predicted molar refractivity (Wildman–Crippen MR) is 79.5 cm³/mol. The maximum absolute atomic E-state index is 7.50. The molecule has 0 radical (unpaired) electrons. The largest absolute Gasteiger partial charge is 0 e. The first-order valence-corrected chi connectivity index (χ1v) is 6.58. The fraction of sp³-hybridized carbons (Fsp3) is 0.211. The number of aryl methyl sites for hydroxylation is 1. The summed E-state index contributed by atoms with van der Waals surface area (Å²) in [4.78, 5) is 0. The fourth-order valence-corrected chi connectivity index (χ4v) is 2.61. The average Bonchev–Trinajstić information content (AvgIpc) is 3.42. The summed E-state index contributed by atoms with van der Waals surface area (Å²) in [6.45, 7) is 15.7. The third kappa shape index (κ3) is 6.87. The first kappa shape index (κ1) is 23.5. The molecule has 1 aliphatic rings. The molecule has 4 heteroatoms. The van der Waals surface area contributed by atoms with Crippen LogP contribution in [0.4, 0.5) is 0 Å². The van der Waals surface area contributed by atoms with Gasteiger partial charge in [0.2, 0.25) is 0 Å². The van der Waals surface area contributed by atoms with Gasteiger partial charge in [-0.25, -0.2) is 0 Å². The van der Waals surface area contributed by atoms with Crippen LogP contribution in [0.3, 0.4) is 0 Å². The van der Waals surface area contributed by atoms with E-state index in [0.717, 1.165) is 11.8 Å². The van der Waals surface area contributed by atoms with Crippen molar-refractivity contribution in [2.75, 3.05) is 0 Å². The van der Waals surface area contributed by atoms with Gasteiger partial charge >= 0.3 is 33.9 Å². The van der Waals surface area contributed by atoms with Crippen LogP contribution < -0.4 is 0 Å². The zero-order chi connectivity index (χ0) is 17.0. The van der Waals surface area contributed by atoms with Gasteiger partial charge < -0.3 is 0 Å². The van der Waals surface area contributed by atoms with Crippen LogP contribution in [0, 0.1) is 26.9 Å². The molecule has 2 aromatic rings. The second-order valence-corrected chi connectivity index (χ2v) is 4.72. The molecule has 1 aliphatic carbocycles. The van der Waals surface area contributed by atoms with Gasteiger partial charge in [0, 0.05) is 17.4 Å². The molecule has 1 fully saturated rings. The van der Waals surface area contributed by atoms with Crippen molar-refractivity contribution in [3.05, 3.63) is 91.2 Å². The van der Waals surface area contributed by atoms with Crippen LogP contribution in [0.1, 0.15) is 34.9 Å². The number of benzene rings is 2. The summed E-state index contributed by atoms with van der Waals surface area (Å²) < 4.78 is 22.5. The van der Waals surface area contributed by atoms with Crippen LogP contribution in [-0.2, 0) is 31.3 Å². The van der Waals surface area contributed by atoms with E-state index < -0.39 is 0 Å². The monoisotopic (exact) mass is 344 g/mol. The Bertz CT molecular complexity index is 603. The minimum Gasteiger partial charge on any atom is 0 e. The van der Waals surface area contributed by atoms with Crippen molar-refractivity contribution in [2.45, 2.75) is 25.2 Å². The molecule has 116 valence electrons. The zero-order valence-corrected chi connectivity index (χ0v) is 14.0. The molecule has 1 saturated carbocycles. The molecule has 23 heavy (non-hydrogen) atoms. The maximum Gasteiger partial charge on any atom is 0 e. The summed E-state index contributed by atoms with van der Waals surface area (Å²) in [7, 11) is 0. The van der Waals surface area contributed by atoms with Crippen molar-refractivity contribution in [3.8, 4) is 0 Å². The summed E-state index contributed by atoms with van der Waals surface area (Å²) in [5.74, 6) is 1.51. The van der Waals surface area contributed by atoms with E-state index in [0.29, 0.717) is 0 Å². The molecule has 3 nitrogen and oxygen atoms in total. The standard InChI is InChI=1S/C16H16.3CO.Cr/c1-12-7-5-6-10-14(12)16-11-15(16)13-8-3-2-4-9-13;3*1-2;/h2-10,15-16H,11H2,1H3;;;;/t15-,16+;;;;/m0..../s1. The van der Waals surface area contributed by atoms with Gasteiger partial charge in [0.15, 0.2) is 0 Å². The molecular weight excluding hydrogens is 328 g/mol. The van der Waals surface area contributed by atoms with Gasteiger partial charge in [0.1, 0.15) is 0 Å². The maximum atomic E-state index is 7.50. The second-order valence-electron chi connectivity index (χ2n) is 4.72. The molecule has 0 saturated heterocycles. The van der Waals surface area contributed by atoms with E-state index in [-0.39, 0.29) is 17.4 Å². The SMILES string of the molecule is Cc1ccccc1[C@H]1C[C@H]1c1ccccc1.[C-]#[O+].[C-]#[O+].[C-]#[O+].[Cr]. The molecule has 0 bridgehead atoms. The Labute approximate surface area is 148 Å². The minimum atomic E-state index is 0. The summed E-state index contributed by atoms with van der Waals surface area (Å²) >= 11 is 0. The molecule has 2 aromatic carbocycles. The molecule has 0 N–H and O–H groups in total. The van der Waals surface area contributed by atoms with Gasteiger partial charge in [-0.15, -0.1) is 0 Å². The van der Waals surface area contributed by atoms with Crippen molar-refractivity contribution in [1.29, 1.82) is 0 Å². The normalized spacial score (nSPS) is 16.3. The van der Waals surface area contributed by atoms with Gasteiger partial charge in [0.25, 0.3) is 0 Å². The van der Waals surface area contributed by atoms with Crippen LogP contribution in [0.5, 0.6) is 0 Å². The van der Waals surface area contributed by atoms with E-state index in [1.54, 1.807) is 0 Å². The van der Waals surface area contributed by atoms with Gasteiger partial charge in [-0.2, -0.15) is 0 Å². The van der Waals surface area contributed by atoms with E-state index in [1.807, 2.05) is 0 Å². The molecule has 0 spiro atoms. The second kappa shape index (κ2) is 13.8. The summed E-state index contributed by atoms with van der Waals surface area (Å²) in [6.07, 6.45) is 1.31. The first-order chi connectivity index (χ1) is 10.9. The Morgan fingerprint density at radius 1 is 0.739 bits per heavy atom. The molecule has 0 heterocycles. The zero-order valence-electron chi connectivity index (χ0n) is 12.7. The molecular formula is C19H16CrO3. The Kier molecular flexibility index (Phi) is 14.1.